The first-order valence-electron chi connectivity index (χ1n) is 5.30. The molecule has 0 aliphatic heterocycles. The maximum Gasteiger partial charge on any atom is 0.272 e. The molecule has 0 bridgehead atoms. The number of nitrogens with one attached hydrogen (secondary N) is 1. The highest BCUT2D eigenvalue weighted by Crippen LogP contribution is 2.15. The minimum Gasteiger partial charge on any atom is -0.267 e. The fraction of sp³-hybridized carbons (Fsp3) is 0.0769. The zero-order valence-corrected chi connectivity index (χ0v) is 12.1. The predicted molar refractivity (Wildman–Crippen MR) is 78.3 cm³/mol. The van der Waals surface area contributed by atoms with Crippen LogP contribution in [-0.2, 0) is 0 Å². The van der Waals surface area contributed by atoms with Crippen LogP contribution in [0.15, 0.2) is 45.3 Å². The molecule has 3 nitrogen and oxygen atoms in total. The van der Waals surface area contributed by atoms with Crippen LogP contribution in [0.1, 0.15) is 20.8 Å². The topological polar surface area (TPSA) is 41.5 Å². The second kappa shape index (κ2) is 5.93. The van der Waals surface area contributed by atoms with Crippen molar-refractivity contribution in [2.75, 3.05) is 0 Å². The van der Waals surface area contributed by atoms with Gasteiger partial charge < -0.3 is 0 Å². The van der Waals surface area contributed by atoms with Gasteiger partial charge in [-0.25, -0.2) is 5.43 Å². The summed E-state index contributed by atoms with van der Waals surface area (Å²) in [5.74, 6) is -0.229. The van der Waals surface area contributed by atoms with E-state index in [1.165, 1.54) is 0 Å². The third-order valence-corrected chi connectivity index (χ3v) is 4.01. The third kappa shape index (κ3) is 3.05. The highest BCUT2D eigenvalue weighted by Gasteiger charge is 2.07. The molecule has 18 heavy (non-hydrogen) atoms. The number of hydrogen-bond donors (Lipinski definition) is 1. The number of carbonyl (C=O) groups is 1. The van der Waals surface area contributed by atoms with Crippen LogP contribution in [0.3, 0.4) is 0 Å². The lowest BCUT2D eigenvalue weighted by Crippen LogP contribution is -2.17. The average Bonchev–Trinajstić information content (AvgIpc) is 2.75. The van der Waals surface area contributed by atoms with Crippen molar-refractivity contribution in [3.63, 3.8) is 0 Å². The Kier molecular flexibility index (Phi) is 4.28. The van der Waals surface area contributed by atoms with Crippen molar-refractivity contribution in [2.45, 2.75) is 6.92 Å². The van der Waals surface area contributed by atoms with Gasteiger partial charge in [0, 0.05) is 9.35 Å². The van der Waals surface area contributed by atoms with Gasteiger partial charge >= 0.3 is 0 Å². The van der Waals surface area contributed by atoms with E-state index in [0.717, 1.165) is 14.9 Å². The molecule has 0 radical (unpaired) electrons. The molecule has 1 heterocycles. The van der Waals surface area contributed by atoms with Gasteiger partial charge in [0.1, 0.15) is 0 Å². The van der Waals surface area contributed by atoms with Gasteiger partial charge in [-0.3, -0.25) is 4.79 Å². The second-order valence-corrected chi connectivity index (χ2v) is 5.45. The van der Waals surface area contributed by atoms with E-state index < -0.39 is 0 Å². The molecule has 1 amide bonds. The summed E-state index contributed by atoms with van der Waals surface area (Å²) in [5, 5.41) is 5.95. The fourth-order valence-electron chi connectivity index (χ4n) is 1.37. The lowest BCUT2D eigenvalue weighted by atomic mass is 10.2. The minimum atomic E-state index is -0.229. The number of amides is 1. The molecular weight excluding hydrogens is 312 g/mol. The molecule has 2 rings (SSSR count). The Balaban J connectivity index is 2.03. The van der Waals surface area contributed by atoms with Crippen LogP contribution in [0.5, 0.6) is 0 Å². The molecule has 0 saturated heterocycles. The van der Waals surface area contributed by atoms with E-state index in [0.29, 0.717) is 5.56 Å². The molecule has 0 fully saturated rings. The number of carbonyl (C=O) groups excluding carboxylic acids is 1. The Labute approximate surface area is 118 Å². The second-order valence-electron chi connectivity index (χ2n) is 3.65. The Morgan fingerprint density at radius 3 is 2.83 bits per heavy atom. The Bertz CT molecular complexity index is 592. The van der Waals surface area contributed by atoms with Crippen LogP contribution < -0.4 is 5.43 Å². The SMILES string of the molecule is Cc1ccsc1/C=N\NC(=O)c1ccccc1Br. The third-order valence-electron chi connectivity index (χ3n) is 2.37. The maximum atomic E-state index is 11.8. The summed E-state index contributed by atoms with van der Waals surface area (Å²) in [4.78, 5) is 12.9. The highest BCUT2D eigenvalue weighted by atomic mass is 79.9. The normalized spacial score (nSPS) is 10.8. The van der Waals surface area contributed by atoms with Crippen LogP contribution >= 0.6 is 27.3 Å². The summed E-state index contributed by atoms with van der Waals surface area (Å²) in [6.45, 7) is 2.01. The molecule has 1 aromatic carbocycles. The largest absolute Gasteiger partial charge is 0.272 e. The number of rotatable bonds is 3. The molecule has 1 N–H and O–H groups in total. The zero-order chi connectivity index (χ0) is 13.0. The van der Waals surface area contributed by atoms with Crippen LogP contribution in [0, 0.1) is 6.92 Å². The quantitative estimate of drug-likeness (QED) is 0.681. The Hall–Kier alpha value is -1.46. The number of halogens is 1. The van der Waals surface area contributed by atoms with E-state index in [2.05, 4.69) is 26.5 Å². The number of hydrazone groups is 1. The van der Waals surface area contributed by atoms with Crippen molar-refractivity contribution in [1.82, 2.24) is 5.43 Å². The van der Waals surface area contributed by atoms with E-state index in [1.807, 2.05) is 36.6 Å². The van der Waals surface area contributed by atoms with Gasteiger partial charge in [-0.05, 0) is 52.0 Å². The summed E-state index contributed by atoms with van der Waals surface area (Å²) in [7, 11) is 0. The van der Waals surface area contributed by atoms with Crippen molar-refractivity contribution in [1.29, 1.82) is 0 Å². The van der Waals surface area contributed by atoms with Gasteiger partial charge in [-0.2, -0.15) is 5.10 Å². The molecule has 92 valence electrons. The average molecular weight is 323 g/mol. The van der Waals surface area contributed by atoms with Gasteiger partial charge in [0.05, 0.1) is 11.8 Å². The molecule has 5 heteroatoms. The first kappa shape index (κ1) is 13.0. The molecule has 2 aromatic rings. The molecule has 0 unspecified atom stereocenters. The van der Waals surface area contributed by atoms with Crippen molar-refractivity contribution >= 4 is 39.4 Å². The molecule has 0 saturated carbocycles. The van der Waals surface area contributed by atoms with Crippen molar-refractivity contribution in [2.24, 2.45) is 5.10 Å². The van der Waals surface area contributed by atoms with E-state index in [9.17, 15) is 4.79 Å². The van der Waals surface area contributed by atoms with Gasteiger partial charge in [0.15, 0.2) is 0 Å². The van der Waals surface area contributed by atoms with E-state index in [4.69, 9.17) is 0 Å². The molecule has 0 atom stereocenters. The van der Waals surface area contributed by atoms with Gasteiger partial charge in [0.25, 0.3) is 5.91 Å². The number of hydrogen-bond acceptors (Lipinski definition) is 3. The summed E-state index contributed by atoms with van der Waals surface area (Å²) >= 11 is 4.92. The molecule has 0 spiro atoms. The molecular formula is C13H11BrN2OS. The molecule has 0 aliphatic rings. The van der Waals surface area contributed by atoms with Crippen LogP contribution in [0.25, 0.3) is 0 Å². The lowest BCUT2D eigenvalue weighted by Gasteiger charge is -2.01. The smallest absolute Gasteiger partial charge is 0.267 e. The van der Waals surface area contributed by atoms with Crippen molar-refractivity contribution in [3.8, 4) is 0 Å². The summed E-state index contributed by atoms with van der Waals surface area (Å²) < 4.78 is 0.755. The first-order valence-corrected chi connectivity index (χ1v) is 6.98. The lowest BCUT2D eigenvalue weighted by molar-refractivity contribution is 0.0954. The van der Waals surface area contributed by atoms with Crippen LogP contribution in [-0.4, -0.2) is 12.1 Å². The molecule has 1 aromatic heterocycles. The Morgan fingerprint density at radius 1 is 1.39 bits per heavy atom. The monoisotopic (exact) mass is 322 g/mol. The number of aryl methyl sites for hydroxylation is 1. The van der Waals surface area contributed by atoms with E-state index in [-0.39, 0.29) is 5.91 Å². The van der Waals surface area contributed by atoms with Gasteiger partial charge in [-0.1, -0.05) is 12.1 Å². The van der Waals surface area contributed by atoms with Crippen LogP contribution in [0.2, 0.25) is 0 Å². The standard InChI is InChI=1S/C13H11BrN2OS/c1-9-6-7-18-12(9)8-15-16-13(17)10-4-2-3-5-11(10)14/h2-8H,1H3,(H,16,17)/b15-8-. The van der Waals surface area contributed by atoms with Gasteiger partial charge in [0.2, 0.25) is 0 Å². The van der Waals surface area contributed by atoms with Gasteiger partial charge in [-0.15, -0.1) is 11.3 Å². The zero-order valence-electron chi connectivity index (χ0n) is 9.68. The summed E-state index contributed by atoms with van der Waals surface area (Å²) in [6.07, 6.45) is 1.66. The van der Waals surface area contributed by atoms with Crippen molar-refractivity contribution < 1.29 is 4.79 Å². The number of benzene rings is 1. The highest BCUT2D eigenvalue weighted by molar-refractivity contribution is 9.10. The predicted octanol–water partition coefficient (Wildman–Crippen LogP) is 3.58. The van der Waals surface area contributed by atoms with Crippen LogP contribution in [0.4, 0.5) is 0 Å². The van der Waals surface area contributed by atoms with E-state index >= 15 is 0 Å². The number of thiophene rings is 1. The Morgan fingerprint density at radius 2 is 2.17 bits per heavy atom. The first-order chi connectivity index (χ1) is 8.68. The van der Waals surface area contributed by atoms with Crippen molar-refractivity contribution in [3.05, 3.63) is 56.2 Å². The van der Waals surface area contributed by atoms with E-state index in [1.54, 1.807) is 23.6 Å². The molecule has 0 aliphatic carbocycles. The maximum absolute atomic E-state index is 11.8. The number of nitrogens with zero attached hydrogens (tertiary/aromatic N) is 1. The summed E-state index contributed by atoms with van der Waals surface area (Å²) in [6, 6.07) is 9.25. The summed E-state index contributed by atoms with van der Waals surface area (Å²) in [5.41, 5.74) is 4.23. The minimum absolute atomic E-state index is 0.229. The fourth-order valence-corrected chi connectivity index (χ4v) is 2.62.